The summed E-state index contributed by atoms with van der Waals surface area (Å²) in [5, 5.41) is 8.40. The van der Waals surface area contributed by atoms with E-state index in [2.05, 4.69) is 22.8 Å². The number of nitrogens with one attached hydrogen (secondary N) is 2. The van der Waals surface area contributed by atoms with Gasteiger partial charge in [0.25, 0.3) is 0 Å². The second kappa shape index (κ2) is 11.2. The number of hydrogen-bond acceptors (Lipinski definition) is 6. The van der Waals surface area contributed by atoms with E-state index in [9.17, 15) is 9.59 Å². The molecule has 1 atom stereocenters. The Morgan fingerprint density at radius 2 is 1.79 bits per heavy atom. The van der Waals surface area contributed by atoms with E-state index in [4.69, 9.17) is 9.47 Å². The molecular formula is C26H28N2O4S. The molecule has 2 N–H and O–H groups in total. The highest BCUT2D eigenvalue weighted by Crippen LogP contribution is 2.37. The number of carbonyl (C=O) groups is 2. The van der Waals surface area contributed by atoms with Gasteiger partial charge >= 0.3 is 5.97 Å². The first-order valence-corrected chi connectivity index (χ1v) is 12.1. The Hall–Kier alpha value is -3.00. The van der Waals surface area contributed by atoms with Gasteiger partial charge in [-0.1, -0.05) is 54.6 Å². The fourth-order valence-corrected chi connectivity index (χ4v) is 4.84. The van der Waals surface area contributed by atoms with Crippen molar-refractivity contribution in [3.05, 3.63) is 65.5 Å². The van der Waals surface area contributed by atoms with Crippen LogP contribution in [0.15, 0.2) is 60.0 Å². The summed E-state index contributed by atoms with van der Waals surface area (Å²) in [6, 6.07) is 18.2. The number of anilines is 1. The Labute approximate surface area is 197 Å². The van der Waals surface area contributed by atoms with Gasteiger partial charge in [-0.15, -0.1) is 11.3 Å². The van der Waals surface area contributed by atoms with E-state index in [-0.39, 0.29) is 25.2 Å². The van der Waals surface area contributed by atoms with Crippen LogP contribution < -0.4 is 10.6 Å². The Morgan fingerprint density at radius 1 is 1.06 bits per heavy atom. The monoisotopic (exact) mass is 464 g/mol. The van der Waals surface area contributed by atoms with E-state index in [1.807, 2.05) is 47.8 Å². The number of carbonyl (C=O) groups excluding carboxylic acids is 2. The molecule has 0 saturated carbocycles. The number of hydrogen-bond donors (Lipinski definition) is 2. The fraction of sp³-hybridized carbons (Fsp3) is 0.308. The first-order valence-electron chi connectivity index (χ1n) is 11.2. The van der Waals surface area contributed by atoms with E-state index in [1.165, 1.54) is 11.3 Å². The van der Waals surface area contributed by atoms with Gasteiger partial charge < -0.3 is 20.1 Å². The third-order valence-electron chi connectivity index (χ3n) is 5.51. The highest BCUT2D eigenvalue weighted by atomic mass is 32.1. The lowest BCUT2D eigenvalue weighted by molar-refractivity contribution is -0.115. The standard InChI is InChI=1S/C26H28N2O4S/c1-2-31-26(30)24-22(20-12-10-19(11-13-20)18-7-4-3-5-8-18)17-33-25(24)28-23(29)16-27-15-21-9-6-14-32-21/h3-5,7-8,10-13,17,21,27H,2,6,9,14-16H2,1H3,(H,28,29). The Morgan fingerprint density at radius 3 is 2.48 bits per heavy atom. The van der Waals surface area contributed by atoms with E-state index in [1.54, 1.807) is 6.92 Å². The number of benzene rings is 2. The van der Waals surface area contributed by atoms with Crippen molar-refractivity contribution in [2.45, 2.75) is 25.9 Å². The average molecular weight is 465 g/mol. The first-order chi connectivity index (χ1) is 16.2. The number of esters is 1. The number of thiophene rings is 1. The Kier molecular flexibility index (Phi) is 7.88. The molecule has 1 saturated heterocycles. The van der Waals surface area contributed by atoms with E-state index >= 15 is 0 Å². The van der Waals surface area contributed by atoms with Crippen LogP contribution in [0.5, 0.6) is 0 Å². The number of amides is 1. The molecule has 1 aliphatic rings. The summed E-state index contributed by atoms with van der Waals surface area (Å²) in [6.45, 7) is 3.61. The predicted molar refractivity (Wildman–Crippen MR) is 132 cm³/mol. The summed E-state index contributed by atoms with van der Waals surface area (Å²) < 4.78 is 10.9. The second-order valence-electron chi connectivity index (χ2n) is 7.83. The van der Waals surface area contributed by atoms with Crippen molar-refractivity contribution in [1.29, 1.82) is 0 Å². The van der Waals surface area contributed by atoms with Gasteiger partial charge in [-0.2, -0.15) is 0 Å². The minimum atomic E-state index is -0.441. The molecule has 0 aliphatic carbocycles. The van der Waals surface area contributed by atoms with Gasteiger partial charge in [0.2, 0.25) is 5.91 Å². The normalized spacial score (nSPS) is 15.4. The van der Waals surface area contributed by atoms with Gasteiger partial charge in [-0.05, 0) is 36.5 Å². The smallest absolute Gasteiger partial charge is 0.341 e. The summed E-state index contributed by atoms with van der Waals surface area (Å²) in [4.78, 5) is 25.3. The van der Waals surface area contributed by atoms with Crippen LogP contribution in [-0.4, -0.2) is 44.3 Å². The van der Waals surface area contributed by atoms with Crippen molar-refractivity contribution in [3.63, 3.8) is 0 Å². The van der Waals surface area contributed by atoms with E-state index < -0.39 is 5.97 Å². The molecule has 33 heavy (non-hydrogen) atoms. The maximum atomic E-state index is 12.8. The molecule has 2 aromatic carbocycles. The Bertz CT molecular complexity index is 1070. The third-order valence-corrected chi connectivity index (χ3v) is 6.40. The molecular weight excluding hydrogens is 436 g/mol. The van der Waals surface area contributed by atoms with Crippen LogP contribution in [0, 0.1) is 0 Å². The third kappa shape index (κ3) is 5.87. The molecule has 1 unspecified atom stereocenters. The molecule has 1 aliphatic heterocycles. The maximum absolute atomic E-state index is 12.8. The summed E-state index contributed by atoms with van der Waals surface area (Å²) in [5.41, 5.74) is 4.26. The highest BCUT2D eigenvalue weighted by molar-refractivity contribution is 7.15. The molecule has 6 nitrogen and oxygen atoms in total. The number of rotatable bonds is 9. The molecule has 0 bridgehead atoms. The largest absolute Gasteiger partial charge is 0.462 e. The van der Waals surface area contributed by atoms with Crippen LogP contribution >= 0.6 is 11.3 Å². The van der Waals surface area contributed by atoms with Crippen molar-refractivity contribution >= 4 is 28.2 Å². The van der Waals surface area contributed by atoms with Crippen LogP contribution in [0.4, 0.5) is 5.00 Å². The average Bonchev–Trinajstić information content (AvgIpc) is 3.50. The van der Waals surface area contributed by atoms with Crippen LogP contribution in [0.3, 0.4) is 0 Å². The van der Waals surface area contributed by atoms with Crippen molar-refractivity contribution in [2.24, 2.45) is 0 Å². The molecule has 1 fully saturated rings. The lowest BCUT2D eigenvalue weighted by atomic mass is 9.99. The molecule has 0 spiro atoms. The van der Waals surface area contributed by atoms with Gasteiger partial charge in [-0.25, -0.2) is 4.79 Å². The van der Waals surface area contributed by atoms with Gasteiger partial charge in [0, 0.05) is 24.1 Å². The quantitative estimate of drug-likeness (QED) is 0.438. The minimum absolute atomic E-state index is 0.154. The number of ether oxygens (including phenoxy) is 2. The molecule has 7 heteroatoms. The molecule has 0 radical (unpaired) electrons. The molecule has 1 aromatic heterocycles. The summed E-state index contributed by atoms with van der Waals surface area (Å²) in [7, 11) is 0. The second-order valence-corrected chi connectivity index (χ2v) is 8.71. The molecule has 1 amide bonds. The molecule has 2 heterocycles. The van der Waals surface area contributed by atoms with Crippen LogP contribution in [0.2, 0.25) is 0 Å². The minimum Gasteiger partial charge on any atom is -0.462 e. The van der Waals surface area contributed by atoms with Crippen molar-refractivity contribution in [1.82, 2.24) is 5.32 Å². The maximum Gasteiger partial charge on any atom is 0.341 e. The highest BCUT2D eigenvalue weighted by Gasteiger charge is 2.23. The summed E-state index contributed by atoms with van der Waals surface area (Å²) in [5.74, 6) is -0.644. The summed E-state index contributed by atoms with van der Waals surface area (Å²) in [6.07, 6.45) is 2.24. The lowest BCUT2D eigenvalue weighted by Crippen LogP contribution is -2.33. The van der Waals surface area contributed by atoms with Crippen LogP contribution in [0.25, 0.3) is 22.3 Å². The molecule has 172 valence electrons. The van der Waals surface area contributed by atoms with Crippen LogP contribution in [-0.2, 0) is 14.3 Å². The summed E-state index contributed by atoms with van der Waals surface area (Å²) >= 11 is 1.33. The van der Waals surface area contributed by atoms with Gasteiger partial charge in [0.1, 0.15) is 10.6 Å². The van der Waals surface area contributed by atoms with Gasteiger partial charge in [-0.3, -0.25) is 4.79 Å². The molecule has 3 aromatic rings. The zero-order chi connectivity index (χ0) is 23.0. The van der Waals surface area contributed by atoms with E-state index in [0.29, 0.717) is 17.1 Å². The zero-order valence-electron chi connectivity index (χ0n) is 18.6. The topological polar surface area (TPSA) is 76.7 Å². The van der Waals surface area contributed by atoms with Crippen LogP contribution in [0.1, 0.15) is 30.1 Å². The Balaban J connectivity index is 1.50. The molecule has 4 rings (SSSR count). The van der Waals surface area contributed by atoms with Crippen molar-refractivity contribution in [2.75, 3.05) is 31.6 Å². The SMILES string of the molecule is CCOC(=O)c1c(-c2ccc(-c3ccccc3)cc2)csc1NC(=O)CNCC1CCCO1. The lowest BCUT2D eigenvalue weighted by Gasteiger charge is -2.11. The van der Waals surface area contributed by atoms with Gasteiger partial charge in [0.05, 0.1) is 19.3 Å². The fourth-order valence-electron chi connectivity index (χ4n) is 3.86. The first kappa shape index (κ1) is 23.2. The zero-order valence-corrected chi connectivity index (χ0v) is 19.5. The van der Waals surface area contributed by atoms with Gasteiger partial charge in [0.15, 0.2) is 0 Å². The predicted octanol–water partition coefficient (Wildman–Crippen LogP) is 4.97. The van der Waals surface area contributed by atoms with E-state index in [0.717, 1.165) is 41.7 Å². The van der Waals surface area contributed by atoms with Crippen molar-refractivity contribution < 1.29 is 19.1 Å². The van der Waals surface area contributed by atoms with Crippen molar-refractivity contribution in [3.8, 4) is 22.3 Å².